The molecule has 3 heteroatoms. The number of hydrogen-bond acceptors (Lipinski definition) is 2. The van der Waals surface area contributed by atoms with Gasteiger partial charge in [-0.2, -0.15) is 0 Å². The summed E-state index contributed by atoms with van der Waals surface area (Å²) in [7, 11) is 0. The van der Waals surface area contributed by atoms with Crippen molar-refractivity contribution in [2.75, 3.05) is 0 Å². The van der Waals surface area contributed by atoms with E-state index in [1.807, 2.05) is 31.0 Å². The van der Waals surface area contributed by atoms with Crippen molar-refractivity contribution in [3.05, 3.63) is 59.4 Å². The predicted molar refractivity (Wildman–Crippen MR) is 65.5 cm³/mol. The minimum Gasteiger partial charge on any atom is -0.426 e. The molecular formula is C12H8IO2. The maximum Gasteiger partial charge on any atom is 0.320 e. The lowest BCUT2D eigenvalue weighted by Crippen LogP contribution is -2.18. The summed E-state index contributed by atoms with van der Waals surface area (Å²) in [6.45, 7) is 0. The van der Waals surface area contributed by atoms with Gasteiger partial charge >= 0.3 is 5.97 Å². The SMILES string of the molecule is O=C(Oc1ccccc1)[C]1[CH][CH][CH][C]1I. The van der Waals surface area contributed by atoms with E-state index in [4.69, 9.17) is 4.74 Å². The van der Waals surface area contributed by atoms with Crippen LogP contribution in [0.2, 0.25) is 0 Å². The van der Waals surface area contributed by atoms with Crippen LogP contribution in [-0.2, 0) is 4.79 Å². The molecule has 0 saturated heterocycles. The Morgan fingerprint density at radius 2 is 1.87 bits per heavy atom. The second kappa shape index (κ2) is 4.96. The molecule has 1 aromatic carbocycles. The van der Waals surface area contributed by atoms with Crippen LogP contribution in [0.5, 0.6) is 5.75 Å². The highest BCUT2D eigenvalue weighted by molar-refractivity contribution is 14.1. The van der Waals surface area contributed by atoms with Crippen LogP contribution in [-0.4, -0.2) is 5.97 Å². The Bertz CT molecular complexity index is 337. The molecule has 2 nitrogen and oxygen atoms in total. The lowest BCUT2D eigenvalue weighted by molar-refractivity contribution is -0.131. The first-order valence-electron chi connectivity index (χ1n) is 4.46. The summed E-state index contributed by atoms with van der Waals surface area (Å²) < 4.78 is 6.11. The monoisotopic (exact) mass is 311 g/mol. The Morgan fingerprint density at radius 3 is 2.47 bits per heavy atom. The van der Waals surface area contributed by atoms with Gasteiger partial charge in [-0.3, -0.25) is 4.79 Å². The highest BCUT2D eigenvalue weighted by Gasteiger charge is 2.34. The number of rotatable bonds is 2. The van der Waals surface area contributed by atoms with E-state index >= 15 is 0 Å². The maximum atomic E-state index is 11.7. The van der Waals surface area contributed by atoms with Crippen LogP contribution in [0.25, 0.3) is 0 Å². The molecule has 1 saturated carbocycles. The maximum absolute atomic E-state index is 11.7. The Morgan fingerprint density at radius 1 is 1.13 bits per heavy atom. The zero-order chi connectivity index (χ0) is 10.7. The third kappa shape index (κ3) is 2.71. The standard InChI is InChI=1S/C12H8IO2/c13-11-8-4-7-10(11)12(14)15-9-5-2-1-3-6-9/h1-8H. The molecule has 0 heterocycles. The summed E-state index contributed by atoms with van der Waals surface area (Å²) in [5, 5.41) is 0. The number of carbonyl (C=O) groups excluding carboxylic acids is 1. The van der Waals surface area contributed by atoms with E-state index in [9.17, 15) is 4.79 Å². The van der Waals surface area contributed by atoms with Crippen molar-refractivity contribution in [2.45, 2.75) is 0 Å². The van der Waals surface area contributed by atoms with Gasteiger partial charge in [0.25, 0.3) is 0 Å². The molecule has 0 aliphatic heterocycles. The third-order valence-corrected chi connectivity index (χ3v) is 2.88. The second-order valence-electron chi connectivity index (χ2n) is 2.99. The summed E-state index contributed by atoms with van der Waals surface area (Å²) in [5.41, 5.74) is 0. The molecule has 1 aliphatic carbocycles. The van der Waals surface area contributed by atoms with Crippen molar-refractivity contribution in [1.82, 2.24) is 0 Å². The largest absolute Gasteiger partial charge is 0.426 e. The van der Waals surface area contributed by atoms with E-state index in [2.05, 4.69) is 22.6 Å². The molecule has 1 aliphatic rings. The fraction of sp³-hybridized carbons (Fsp3) is 0. The van der Waals surface area contributed by atoms with Gasteiger partial charge in [0.15, 0.2) is 0 Å². The molecule has 2 rings (SSSR count). The van der Waals surface area contributed by atoms with Crippen molar-refractivity contribution in [3.63, 3.8) is 0 Å². The van der Waals surface area contributed by atoms with Gasteiger partial charge < -0.3 is 4.74 Å². The number of halogens is 1. The molecular weight excluding hydrogens is 303 g/mol. The van der Waals surface area contributed by atoms with E-state index in [0.717, 1.165) is 3.92 Å². The van der Waals surface area contributed by atoms with Crippen molar-refractivity contribution in [1.29, 1.82) is 0 Å². The zero-order valence-electron chi connectivity index (χ0n) is 7.81. The fourth-order valence-electron chi connectivity index (χ4n) is 1.21. The van der Waals surface area contributed by atoms with Gasteiger partial charge in [0.05, 0.1) is 3.92 Å². The van der Waals surface area contributed by atoms with Crippen molar-refractivity contribution >= 4 is 28.6 Å². The number of esters is 1. The highest BCUT2D eigenvalue weighted by atomic mass is 127. The van der Waals surface area contributed by atoms with E-state index < -0.39 is 0 Å². The van der Waals surface area contributed by atoms with Gasteiger partial charge in [-0.1, -0.05) is 40.8 Å². The molecule has 0 spiro atoms. The van der Waals surface area contributed by atoms with Gasteiger partial charge in [-0.15, -0.1) is 0 Å². The van der Waals surface area contributed by atoms with Gasteiger partial charge in [0.1, 0.15) is 11.7 Å². The topological polar surface area (TPSA) is 26.3 Å². The summed E-state index contributed by atoms with van der Waals surface area (Å²) in [6, 6.07) is 9.06. The summed E-state index contributed by atoms with van der Waals surface area (Å²) >= 11 is 2.11. The highest BCUT2D eigenvalue weighted by Crippen LogP contribution is 2.38. The van der Waals surface area contributed by atoms with Crippen LogP contribution in [0, 0.1) is 29.1 Å². The molecule has 75 valence electrons. The van der Waals surface area contributed by atoms with E-state index in [1.165, 1.54) is 0 Å². The summed E-state index contributed by atoms with van der Waals surface area (Å²) in [6.07, 6.45) is 5.47. The number of hydrogen-bond donors (Lipinski definition) is 0. The van der Waals surface area contributed by atoms with Crippen molar-refractivity contribution in [3.8, 4) is 5.75 Å². The fourth-order valence-corrected chi connectivity index (χ4v) is 1.82. The van der Waals surface area contributed by atoms with Gasteiger partial charge in [-0.05, 0) is 31.4 Å². The number of benzene rings is 1. The van der Waals surface area contributed by atoms with Crippen LogP contribution in [0.3, 0.4) is 0 Å². The first kappa shape index (κ1) is 10.9. The molecule has 0 unspecified atom stereocenters. The Labute approximate surface area is 103 Å². The van der Waals surface area contributed by atoms with E-state index in [1.54, 1.807) is 18.6 Å². The average molecular weight is 311 g/mol. The lowest BCUT2D eigenvalue weighted by atomic mass is 10.1. The van der Waals surface area contributed by atoms with Crippen molar-refractivity contribution < 1.29 is 9.53 Å². The van der Waals surface area contributed by atoms with E-state index in [0.29, 0.717) is 11.7 Å². The first-order chi connectivity index (χ1) is 7.27. The number of carbonyl (C=O) groups is 1. The Balaban J connectivity index is 1.98. The lowest BCUT2D eigenvalue weighted by Gasteiger charge is -2.10. The van der Waals surface area contributed by atoms with Gasteiger partial charge in [-0.25, -0.2) is 0 Å². The number of para-hydroxylation sites is 1. The Hall–Kier alpha value is -0.580. The zero-order valence-corrected chi connectivity index (χ0v) is 9.97. The smallest absolute Gasteiger partial charge is 0.320 e. The molecule has 0 aromatic heterocycles. The minimum atomic E-state index is -0.310. The van der Waals surface area contributed by atoms with Gasteiger partial charge in [0, 0.05) is 0 Å². The molecule has 0 amide bonds. The molecule has 0 N–H and O–H groups in total. The molecule has 1 fully saturated rings. The van der Waals surface area contributed by atoms with Crippen LogP contribution in [0.4, 0.5) is 0 Å². The molecule has 15 heavy (non-hydrogen) atoms. The predicted octanol–water partition coefficient (Wildman–Crippen LogP) is 2.76. The van der Waals surface area contributed by atoms with E-state index in [-0.39, 0.29) is 5.97 Å². The average Bonchev–Trinajstić information content (AvgIpc) is 2.66. The van der Waals surface area contributed by atoms with Gasteiger partial charge in [0.2, 0.25) is 0 Å². The second-order valence-corrected chi connectivity index (χ2v) is 4.15. The molecule has 0 bridgehead atoms. The normalized spacial score (nSPS) is 17.9. The molecule has 1 aromatic rings. The van der Waals surface area contributed by atoms with Crippen LogP contribution >= 0.6 is 22.6 Å². The van der Waals surface area contributed by atoms with Crippen molar-refractivity contribution in [2.24, 2.45) is 0 Å². The first-order valence-corrected chi connectivity index (χ1v) is 5.53. The quantitative estimate of drug-likeness (QED) is 0.477. The van der Waals surface area contributed by atoms with Crippen LogP contribution in [0.1, 0.15) is 0 Å². The number of ether oxygens (including phenoxy) is 1. The molecule has 5 radical (unpaired) electrons. The summed E-state index contributed by atoms with van der Waals surface area (Å²) in [4.78, 5) is 11.7. The Kier molecular flexibility index (Phi) is 3.61. The van der Waals surface area contributed by atoms with Crippen LogP contribution in [0.15, 0.2) is 30.3 Å². The minimum absolute atomic E-state index is 0.310. The van der Waals surface area contributed by atoms with Crippen LogP contribution < -0.4 is 4.74 Å². The molecule has 0 atom stereocenters. The third-order valence-electron chi connectivity index (χ3n) is 1.94. The summed E-state index contributed by atoms with van der Waals surface area (Å²) in [5.74, 6) is 0.870.